The number of aliphatic hydroxyl groups excluding tert-OH is 1. The number of aliphatic hydroxyl groups is 1. The maximum atomic E-state index is 12.6. The second kappa shape index (κ2) is 6.44. The van der Waals surface area contributed by atoms with Gasteiger partial charge in [0.2, 0.25) is 0 Å². The van der Waals surface area contributed by atoms with Gasteiger partial charge in [0.15, 0.2) is 5.78 Å². The van der Waals surface area contributed by atoms with Crippen molar-refractivity contribution >= 4 is 11.9 Å². The molecule has 0 unspecified atom stereocenters. The standard InChI is InChI=1S/C20H18O2/c21-19(16-10-5-2-6-11-16)18-13-7-12-17(20(18)22)14-15-8-3-1-4-9-15/h1-6,8-11,14,22H,7,12-13H2/b17-14+. The van der Waals surface area contributed by atoms with Gasteiger partial charge in [0.25, 0.3) is 0 Å². The topological polar surface area (TPSA) is 37.3 Å². The van der Waals surface area contributed by atoms with Crippen LogP contribution in [0.15, 0.2) is 77.6 Å². The zero-order chi connectivity index (χ0) is 15.4. The lowest BCUT2D eigenvalue weighted by molar-refractivity contribution is 0.102. The van der Waals surface area contributed by atoms with Crippen molar-refractivity contribution < 1.29 is 9.90 Å². The summed E-state index contributed by atoms with van der Waals surface area (Å²) in [5.41, 5.74) is 3.04. The molecule has 1 N–H and O–H groups in total. The molecule has 0 heterocycles. The van der Waals surface area contributed by atoms with Crippen LogP contribution in [0.1, 0.15) is 35.2 Å². The molecule has 0 atom stereocenters. The number of rotatable bonds is 3. The van der Waals surface area contributed by atoms with Crippen LogP contribution in [0, 0.1) is 0 Å². The van der Waals surface area contributed by atoms with E-state index in [0.717, 1.165) is 24.0 Å². The van der Waals surface area contributed by atoms with Gasteiger partial charge >= 0.3 is 0 Å². The van der Waals surface area contributed by atoms with E-state index in [4.69, 9.17) is 0 Å². The smallest absolute Gasteiger partial charge is 0.192 e. The van der Waals surface area contributed by atoms with Crippen molar-refractivity contribution in [3.05, 3.63) is 88.7 Å². The molecule has 2 aromatic rings. The number of allylic oxidation sites excluding steroid dienone is 2. The fraction of sp³-hybridized carbons (Fsp3) is 0.150. The highest BCUT2D eigenvalue weighted by Gasteiger charge is 2.23. The summed E-state index contributed by atoms with van der Waals surface area (Å²) >= 11 is 0. The van der Waals surface area contributed by atoms with Crippen molar-refractivity contribution in [1.82, 2.24) is 0 Å². The van der Waals surface area contributed by atoms with Crippen LogP contribution in [0.4, 0.5) is 0 Å². The van der Waals surface area contributed by atoms with Gasteiger partial charge in [-0.1, -0.05) is 60.7 Å². The van der Waals surface area contributed by atoms with Crippen LogP contribution < -0.4 is 0 Å². The molecule has 0 saturated heterocycles. The largest absolute Gasteiger partial charge is 0.507 e. The molecule has 0 fully saturated rings. The number of benzene rings is 2. The van der Waals surface area contributed by atoms with Gasteiger partial charge in [-0.15, -0.1) is 0 Å². The maximum Gasteiger partial charge on any atom is 0.192 e. The Morgan fingerprint density at radius 2 is 1.55 bits per heavy atom. The van der Waals surface area contributed by atoms with E-state index in [0.29, 0.717) is 17.6 Å². The molecular formula is C20H18O2. The van der Waals surface area contributed by atoms with Crippen molar-refractivity contribution in [3.8, 4) is 0 Å². The van der Waals surface area contributed by atoms with Crippen molar-refractivity contribution in [3.63, 3.8) is 0 Å². The van der Waals surface area contributed by atoms with Crippen molar-refractivity contribution in [1.29, 1.82) is 0 Å². The maximum absolute atomic E-state index is 12.6. The molecule has 0 bridgehead atoms. The third kappa shape index (κ3) is 3.01. The minimum Gasteiger partial charge on any atom is -0.507 e. The molecule has 0 saturated carbocycles. The van der Waals surface area contributed by atoms with Crippen LogP contribution >= 0.6 is 0 Å². The van der Waals surface area contributed by atoms with Crippen LogP contribution in [0.5, 0.6) is 0 Å². The summed E-state index contributed by atoms with van der Waals surface area (Å²) in [5, 5.41) is 10.5. The van der Waals surface area contributed by atoms with E-state index in [1.807, 2.05) is 54.6 Å². The molecule has 2 nitrogen and oxygen atoms in total. The molecule has 0 aromatic heterocycles. The summed E-state index contributed by atoms with van der Waals surface area (Å²) in [5.74, 6) is 0.0840. The highest BCUT2D eigenvalue weighted by molar-refractivity contribution is 6.09. The van der Waals surface area contributed by atoms with E-state index >= 15 is 0 Å². The van der Waals surface area contributed by atoms with E-state index in [9.17, 15) is 9.90 Å². The Hall–Kier alpha value is -2.61. The van der Waals surface area contributed by atoms with Gasteiger partial charge in [0.05, 0.1) is 0 Å². The van der Waals surface area contributed by atoms with E-state index in [2.05, 4.69) is 0 Å². The van der Waals surface area contributed by atoms with Gasteiger partial charge < -0.3 is 5.11 Å². The van der Waals surface area contributed by atoms with Crippen LogP contribution in [0.2, 0.25) is 0 Å². The molecule has 3 rings (SSSR count). The van der Waals surface area contributed by atoms with Gasteiger partial charge in [-0.05, 0) is 36.5 Å². The quantitative estimate of drug-likeness (QED) is 0.812. The molecule has 110 valence electrons. The fourth-order valence-electron chi connectivity index (χ4n) is 2.76. The minimum atomic E-state index is -0.0724. The molecule has 0 radical (unpaired) electrons. The first-order chi connectivity index (χ1) is 10.8. The summed E-state index contributed by atoms with van der Waals surface area (Å²) in [6.07, 6.45) is 4.28. The average molecular weight is 290 g/mol. The Bertz CT molecular complexity index is 725. The second-order valence-electron chi connectivity index (χ2n) is 5.46. The van der Waals surface area contributed by atoms with E-state index in [1.54, 1.807) is 12.1 Å². The van der Waals surface area contributed by atoms with Gasteiger partial charge in [-0.25, -0.2) is 0 Å². The zero-order valence-corrected chi connectivity index (χ0v) is 12.3. The van der Waals surface area contributed by atoms with Crippen molar-refractivity contribution in [2.45, 2.75) is 19.3 Å². The molecule has 0 aliphatic heterocycles. The van der Waals surface area contributed by atoms with Crippen molar-refractivity contribution in [2.75, 3.05) is 0 Å². The summed E-state index contributed by atoms with van der Waals surface area (Å²) < 4.78 is 0. The molecule has 1 aliphatic rings. The van der Waals surface area contributed by atoms with Crippen LogP contribution in [0.25, 0.3) is 6.08 Å². The summed E-state index contributed by atoms with van der Waals surface area (Å²) in [6, 6.07) is 19.0. The number of Topliss-reactive ketones (excluding diaryl/α,β-unsaturated/α-hetero) is 1. The van der Waals surface area contributed by atoms with E-state index in [-0.39, 0.29) is 11.5 Å². The third-order valence-electron chi connectivity index (χ3n) is 3.91. The molecule has 2 heteroatoms. The fourth-order valence-corrected chi connectivity index (χ4v) is 2.76. The lowest BCUT2D eigenvalue weighted by Gasteiger charge is -2.18. The monoisotopic (exact) mass is 290 g/mol. The zero-order valence-electron chi connectivity index (χ0n) is 12.3. The first kappa shape index (κ1) is 14.3. The molecule has 1 aliphatic carbocycles. The molecular weight excluding hydrogens is 272 g/mol. The number of hydrogen-bond donors (Lipinski definition) is 1. The summed E-state index contributed by atoms with van der Waals surface area (Å²) in [6.45, 7) is 0. The summed E-state index contributed by atoms with van der Waals surface area (Å²) in [4.78, 5) is 12.6. The van der Waals surface area contributed by atoms with E-state index < -0.39 is 0 Å². The van der Waals surface area contributed by atoms with Gasteiger partial charge in [0.1, 0.15) is 5.76 Å². The predicted molar refractivity (Wildman–Crippen MR) is 88.7 cm³/mol. The van der Waals surface area contributed by atoms with Gasteiger partial charge in [0, 0.05) is 11.1 Å². The number of carbonyl (C=O) groups excluding carboxylic acids is 1. The number of carbonyl (C=O) groups is 1. The van der Waals surface area contributed by atoms with Gasteiger partial charge in [-0.2, -0.15) is 0 Å². The van der Waals surface area contributed by atoms with Crippen LogP contribution in [0.3, 0.4) is 0 Å². The second-order valence-corrected chi connectivity index (χ2v) is 5.46. The number of ketones is 1. The Balaban J connectivity index is 1.96. The van der Waals surface area contributed by atoms with Gasteiger partial charge in [-0.3, -0.25) is 4.79 Å². The normalized spacial score (nSPS) is 16.8. The Labute approximate surface area is 130 Å². The first-order valence-corrected chi connectivity index (χ1v) is 7.53. The minimum absolute atomic E-state index is 0.0724. The Morgan fingerprint density at radius 1 is 0.909 bits per heavy atom. The molecule has 2 aromatic carbocycles. The lowest BCUT2D eigenvalue weighted by atomic mass is 9.88. The Morgan fingerprint density at radius 3 is 2.23 bits per heavy atom. The summed E-state index contributed by atoms with van der Waals surface area (Å²) in [7, 11) is 0. The lowest BCUT2D eigenvalue weighted by Crippen LogP contribution is -2.12. The predicted octanol–water partition coefficient (Wildman–Crippen LogP) is 4.95. The highest BCUT2D eigenvalue weighted by atomic mass is 16.3. The highest BCUT2D eigenvalue weighted by Crippen LogP contribution is 2.31. The van der Waals surface area contributed by atoms with E-state index in [1.165, 1.54) is 0 Å². The van der Waals surface area contributed by atoms with Crippen LogP contribution in [-0.4, -0.2) is 10.9 Å². The SMILES string of the molecule is O=C(C1=C(O)/C(=C/c2ccccc2)CCC1)c1ccccc1. The first-order valence-electron chi connectivity index (χ1n) is 7.53. The third-order valence-corrected chi connectivity index (χ3v) is 3.91. The van der Waals surface area contributed by atoms with Crippen LogP contribution in [-0.2, 0) is 0 Å². The average Bonchev–Trinajstić information content (AvgIpc) is 2.58. The Kier molecular flexibility index (Phi) is 4.19. The molecule has 0 spiro atoms. The van der Waals surface area contributed by atoms with Crippen molar-refractivity contribution in [2.24, 2.45) is 0 Å². The molecule has 0 amide bonds. The number of hydrogen-bond acceptors (Lipinski definition) is 2. The molecule has 22 heavy (non-hydrogen) atoms.